The first kappa shape index (κ1) is 21.1. The largest absolute Gasteiger partial charge is 0.497 e. The van der Waals surface area contributed by atoms with Gasteiger partial charge in [-0.2, -0.15) is 0 Å². The first-order valence-electron chi connectivity index (χ1n) is 10.2. The van der Waals surface area contributed by atoms with Crippen molar-refractivity contribution in [2.75, 3.05) is 33.8 Å². The molecule has 3 rings (SSSR count). The van der Waals surface area contributed by atoms with Gasteiger partial charge in [0.15, 0.2) is 0 Å². The van der Waals surface area contributed by atoms with E-state index in [9.17, 15) is 9.59 Å². The van der Waals surface area contributed by atoms with Crippen LogP contribution in [-0.4, -0.2) is 66.6 Å². The average molecular weight is 399 g/mol. The highest BCUT2D eigenvalue weighted by atomic mass is 16.5. The van der Waals surface area contributed by atoms with E-state index >= 15 is 0 Å². The molecule has 1 heterocycles. The van der Waals surface area contributed by atoms with Crippen molar-refractivity contribution in [1.29, 1.82) is 0 Å². The van der Waals surface area contributed by atoms with E-state index in [1.807, 2.05) is 54.1 Å². The number of carbonyl (C=O) groups is 2. The molecular weight excluding hydrogens is 368 g/mol. The Labute approximate surface area is 172 Å². The number of carbonyl (C=O) groups excluding carboxylic acids is 1. The first-order chi connectivity index (χ1) is 13.9. The lowest BCUT2D eigenvalue weighted by atomic mass is 9.96. The number of rotatable bonds is 6. The van der Waals surface area contributed by atoms with Gasteiger partial charge in [-0.05, 0) is 61.7 Å². The molecule has 1 aliphatic rings. The van der Waals surface area contributed by atoms with Gasteiger partial charge in [-0.15, -0.1) is 0 Å². The Kier molecular flexibility index (Phi) is 6.75. The predicted molar refractivity (Wildman–Crippen MR) is 113 cm³/mol. The van der Waals surface area contributed by atoms with E-state index in [4.69, 9.17) is 9.84 Å². The number of methoxy groups -OCH3 is 1. The Bertz CT molecular complexity index is 882. The molecule has 156 valence electrons. The lowest BCUT2D eigenvalue weighted by Gasteiger charge is -2.27. The molecule has 29 heavy (non-hydrogen) atoms. The molecule has 0 aliphatic carbocycles. The molecule has 0 spiro atoms. The van der Waals surface area contributed by atoms with E-state index in [1.165, 1.54) is 0 Å². The Morgan fingerprint density at radius 2 is 1.90 bits per heavy atom. The number of amides is 1. The highest BCUT2D eigenvalue weighted by Crippen LogP contribution is 2.27. The third-order valence-corrected chi connectivity index (χ3v) is 5.96. The summed E-state index contributed by atoms with van der Waals surface area (Å²) in [6.07, 6.45) is 2.62. The van der Waals surface area contributed by atoms with E-state index in [2.05, 4.69) is 6.07 Å². The first-order valence-corrected chi connectivity index (χ1v) is 10.2. The van der Waals surface area contributed by atoms with Crippen molar-refractivity contribution in [3.63, 3.8) is 0 Å². The maximum absolute atomic E-state index is 13.1. The van der Waals surface area contributed by atoms with Crippen molar-refractivity contribution in [3.05, 3.63) is 42.0 Å². The molecule has 0 aromatic heterocycles. The Balaban J connectivity index is 1.68. The van der Waals surface area contributed by atoms with Gasteiger partial charge in [-0.25, -0.2) is 0 Å². The zero-order valence-corrected chi connectivity index (χ0v) is 17.4. The standard InChI is InChI=1S/C23H30N2O4/c1-16(17-6-7-19-14-21(29-3)9-8-18(19)13-17)23(28)25-11-4-5-20(10-12-25)24(2)15-22(26)27/h6-9,13-14,16,20H,4-5,10-12,15H2,1-3H3,(H,26,27)/t16-,20?/m0/s1. The van der Waals surface area contributed by atoms with Gasteiger partial charge in [0.2, 0.25) is 5.91 Å². The van der Waals surface area contributed by atoms with Gasteiger partial charge in [0, 0.05) is 19.1 Å². The van der Waals surface area contributed by atoms with Crippen LogP contribution in [0, 0.1) is 0 Å². The van der Waals surface area contributed by atoms with E-state index < -0.39 is 5.97 Å². The van der Waals surface area contributed by atoms with Gasteiger partial charge in [0.05, 0.1) is 19.6 Å². The summed E-state index contributed by atoms with van der Waals surface area (Å²) in [6.45, 7) is 3.40. The van der Waals surface area contributed by atoms with E-state index in [0.29, 0.717) is 6.54 Å². The number of carboxylic acid groups (broad SMARTS) is 1. The fourth-order valence-electron chi connectivity index (χ4n) is 4.14. The smallest absolute Gasteiger partial charge is 0.317 e. The summed E-state index contributed by atoms with van der Waals surface area (Å²) >= 11 is 0. The summed E-state index contributed by atoms with van der Waals surface area (Å²) in [5.74, 6) is -0.0669. The van der Waals surface area contributed by atoms with Gasteiger partial charge in [-0.3, -0.25) is 14.5 Å². The minimum absolute atomic E-state index is 0.0386. The van der Waals surface area contributed by atoms with Crippen LogP contribution in [0.15, 0.2) is 36.4 Å². The molecule has 0 bridgehead atoms. The second-order valence-corrected chi connectivity index (χ2v) is 7.91. The van der Waals surface area contributed by atoms with E-state index in [-0.39, 0.29) is 24.4 Å². The number of carboxylic acids is 1. The highest BCUT2D eigenvalue weighted by Gasteiger charge is 2.27. The van der Waals surface area contributed by atoms with Crippen LogP contribution in [-0.2, 0) is 9.59 Å². The normalized spacial score (nSPS) is 18.5. The third-order valence-electron chi connectivity index (χ3n) is 5.96. The van der Waals surface area contributed by atoms with Gasteiger partial charge >= 0.3 is 5.97 Å². The number of hydrogen-bond donors (Lipinski definition) is 1. The molecule has 2 atom stereocenters. The summed E-state index contributed by atoms with van der Waals surface area (Å²) in [7, 11) is 3.50. The van der Waals surface area contributed by atoms with Crippen molar-refractivity contribution in [1.82, 2.24) is 9.80 Å². The molecule has 1 amide bonds. The van der Waals surface area contributed by atoms with Crippen LogP contribution in [0.2, 0.25) is 0 Å². The summed E-state index contributed by atoms with van der Waals surface area (Å²) in [5, 5.41) is 11.2. The van der Waals surface area contributed by atoms with Crippen molar-refractivity contribution >= 4 is 22.6 Å². The summed E-state index contributed by atoms with van der Waals surface area (Å²) in [4.78, 5) is 27.9. The molecule has 2 aromatic carbocycles. The Morgan fingerprint density at radius 1 is 1.17 bits per heavy atom. The van der Waals surface area contributed by atoms with Crippen molar-refractivity contribution in [2.45, 2.75) is 38.1 Å². The maximum Gasteiger partial charge on any atom is 0.317 e. The zero-order chi connectivity index (χ0) is 21.0. The molecule has 2 aromatic rings. The average Bonchev–Trinajstić information content (AvgIpc) is 2.97. The van der Waals surface area contributed by atoms with Crippen molar-refractivity contribution < 1.29 is 19.4 Å². The fourth-order valence-corrected chi connectivity index (χ4v) is 4.14. The van der Waals surface area contributed by atoms with E-state index in [0.717, 1.165) is 47.9 Å². The number of benzene rings is 2. The lowest BCUT2D eigenvalue weighted by Crippen LogP contribution is -2.38. The van der Waals surface area contributed by atoms with Crippen LogP contribution in [0.3, 0.4) is 0 Å². The molecule has 1 N–H and O–H groups in total. The van der Waals surface area contributed by atoms with Crippen molar-refractivity contribution in [2.24, 2.45) is 0 Å². The zero-order valence-electron chi connectivity index (χ0n) is 17.4. The minimum Gasteiger partial charge on any atom is -0.497 e. The van der Waals surface area contributed by atoms with Gasteiger partial charge < -0.3 is 14.7 Å². The maximum atomic E-state index is 13.1. The third kappa shape index (κ3) is 5.07. The second-order valence-electron chi connectivity index (χ2n) is 7.91. The molecule has 6 heteroatoms. The number of aliphatic carboxylic acids is 1. The van der Waals surface area contributed by atoms with Gasteiger partial charge in [0.1, 0.15) is 5.75 Å². The number of ether oxygens (including phenoxy) is 1. The van der Waals surface area contributed by atoms with Crippen LogP contribution >= 0.6 is 0 Å². The quantitative estimate of drug-likeness (QED) is 0.808. The summed E-state index contributed by atoms with van der Waals surface area (Å²) < 4.78 is 5.28. The summed E-state index contributed by atoms with van der Waals surface area (Å²) in [5.41, 5.74) is 1.01. The molecule has 1 fully saturated rings. The molecule has 6 nitrogen and oxygen atoms in total. The van der Waals surface area contributed by atoms with Crippen LogP contribution in [0.5, 0.6) is 5.75 Å². The number of fused-ring (bicyclic) bond motifs is 1. The molecule has 1 saturated heterocycles. The molecule has 1 aliphatic heterocycles. The number of likely N-dealkylation sites (N-methyl/N-ethyl adjacent to an activating group) is 1. The fraction of sp³-hybridized carbons (Fsp3) is 0.478. The van der Waals surface area contributed by atoms with Crippen molar-refractivity contribution in [3.8, 4) is 5.75 Å². The highest BCUT2D eigenvalue weighted by molar-refractivity contribution is 5.88. The summed E-state index contributed by atoms with van der Waals surface area (Å²) in [6, 6.07) is 12.3. The Hall–Kier alpha value is -2.60. The SMILES string of the molecule is COc1ccc2cc([C@H](C)C(=O)N3CCCC(N(C)CC(=O)O)CC3)ccc2c1. The van der Waals surface area contributed by atoms with Crippen LogP contribution in [0.4, 0.5) is 0 Å². The molecule has 0 saturated carbocycles. The monoisotopic (exact) mass is 398 g/mol. The van der Waals surface area contributed by atoms with Gasteiger partial charge in [-0.1, -0.05) is 24.3 Å². The molecular formula is C23H30N2O4. The van der Waals surface area contributed by atoms with Crippen LogP contribution in [0.25, 0.3) is 10.8 Å². The minimum atomic E-state index is -0.813. The lowest BCUT2D eigenvalue weighted by molar-refractivity contribution is -0.138. The predicted octanol–water partition coefficient (Wildman–Crippen LogP) is 3.35. The van der Waals surface area contributed by atoms with E-state index in [1.54, 1.807) is 7.11 Å². The number of likely N-dealkylation sites (tertiary alicyclic amines) is 1. The number of hydrogen-bond acceptors (Lipinski definition) is 4. The number of nitrogens with zero attached hydrogens (tertiary/aromatic N) is 2. The molecule has 1 unspecified atom stereocenters. The topological polar surface area (TPSA) is 70.1 Å². The van der Waals surface area contributed by atoms with Gasteiger partial charge in [0.25, 0.3) is 0 Å². The molecule has 0 radical (unpaired) electrons. The Morgan fingerprint density at radius 3 is 2.62 bits per heavy atom. The van der Waals surface area contributed by atoms with Crippen LogP contribution in [0.1, 0.15) is 37.7 Å². The second kappa shape index (κ2) is 9.27. The van der Waals surface area contributed by atoms with Crippen LogP contribution < -0.4 is 4.74 Å².